The Morgan fingerprint density at radius 1 is 1.29 bits per heavy atom. The number of carbonyl (C=O) groups is 3. The Balaban J connectivity index is 2.01. The van der Waals surface area contributed by atoms with Crippen molar-refractivity contribution in [2.45, 2.75) is 45.4 Å². The minimum atomic E-state index is -1.10. The van der Waals surface area contributed by atoms with E-state index in [1.807, 2.05) is 0 Å². The molecule has 1 spiro atoms. The molecule has 0 aromatic carbocycles. The van der Waals surface area contributed by atoms with Crippen molar-refractivity contribution in [2.24, 2.45) is 5.41 Å². The van der Waals surface area contributed by atoms with Crippen LogP contribution in [0.1, 0.15) is 53.8 Å². The van der Waals surface area contributed by atoms with Crippen LogP contribution in [0.4, 0.5) is 5.00 Å². The van der Waals surface area contributed by atoms with E-state index in [0.29, 0.717) is 0 Å². The van der Waals surface area contributed by atoms with E-state index in [1.165, 1.54) is 17.4 Å². The maximum Gasteiger partial charge on any atom is 0.338 e. The molecule has 1 aromatic heterocycles. The van der Waals surface area contributed by atoms with Crippen molar-refractivity contribution in [2.75, 3.05) is 4.90 Å². The van der Waals surface area contributed by atoms with Crippen LogP contribution in [0.2, 0.25) is 0 Å². The second-order valence-corrected chi connectivity index (χ2v) is 7.17. The molecule has 0 radical (unpaired) electrons. The third-order valence-corrected chi connectivity index (χ3v) is 5.51. The zero-order valence-corrected chi connectivity index (χ0v) is 12.7. The summed E-state index contributed by atoms with van der Waals surface area (Å²) in [5.41, 5.74) is -0.532. The van der Waals surface area contributed by atoms with E-state index in [2.05, 4.69) is 0 Å². The van der Waals surface area contributed by atoms with E-state index in [9.17, 15) is 19.5 Å². The fourth-order valence-electron chi connectivity index (χ4n) is 3.44. The van der Waals surface area contributed by atoms with Gasteiger partial charge in [0.1, 0.15) is 5.00 Å². The molecule has 2 amide bonds. The third kappa shape index (κ3) is 2.18. The number of rotatable bonds is 2. The van der Waals surface area contributed by atoms with Gasteiger partial charge in [-0.25, -0.2) is 9.69 Å². The predicted molar refractivity (Wildman–Crippen MR) is 78.6 cm³/mol. The molecule has 2 fully saturated rings. The molecule has 0 bridgehead atoms. The number of hydrogen-bond donors (Lipinski definition) is 1. The highest BCUT2D eigenvalue weighted by atomic mass is 32.1. The molecule has 1 saturated heterocycles. The molecule has 0 atom stereocenters. The normalized spacial score (nSPS) is 21.3. The summed E-state index contributed by atoms with van der Waals surface area (Å²) in [6.45, 7) is 1.78. The lowest BCUT2D eigenvalue weighted by molar-refractivity contribution is -0.127. The van der Waals surface area contributed by atoms with Crippen LogP contribution in [0.25, 0.3) is 0 Å². The van der Waals surface area contributed by atoms with Crippen molar-refractivity contribution in [3.05, 3.63) is 16.5 Å². The number of anilines is 1. The van der Waals surface area contributed by atoms with Crippen LogP contribution in [0.3, 0.4) is 0 Å². The summed E-state index contributed by atoms with van der Waals surface area (Å²) in [4.78, 5) is 38.4. The maximum absolute atomic E-state index is 12.8. The van der Waals surface area contributed by atoms with E-state index >= 15 is 0 Å². The Bertz CT molecular complexity index is 628. The molecule has 2 aliphatic rings. The van der Waals surface area contributed by atoms with Crippen molar-refractivity contribution >= 4 is 34.1 Å². The van der Waals surface area contributed by atoms with Gasteiger partial charge in [0, 0.05) is 11.3 Å². The molecule has 2 heterocycles. The van der Waals surface area contributed by atoms with Crippen molar-refractivity contribution in [1.29, 1.82) is 0 Å². The van der Waals surface area contributed by atoms with Crippen LogP contribution in [-0.4, -0.2) is 22.9 Å². The molecule has 1 aliphatic heterocycles. The number of aryl methyl sites for hydroxylation is 1. The number of aromatic carboxylic acids is 1. The highest BCUT2D eigenvalue weighted by Gasteiger charge is 2.53. The van der Waals surface area contributed by atoms with Crippen LogP contribution in [0.15, 0.2) is 6.07 Å². The van der Waals surface area contributed by atoms with Crippen LogP contribution < -0.4 is 4.90 Å². The quantitative estimate of drug-likeness (QED) is 0.852. The monoisotopic (exact) mass is 307 g/mol. The first-order chi connectivity index (χ1) is 9.94. The highest BCUT2D eigenvalue weighted by molar-refractivity contribution is 7.17. The highest BCUT2D eigenvalue weighted by Crippen LogP contribution is 2.48. The van der Waals surface area contributed by atoms with Gasteiger partial charge in [-0.3, -0.25) is 9.59 Å². The molecular formula is C15H17NO4S. The Hall–Kier alpha value is -1.69. The molecule has 21 heavy (non-hydrogen) atoms. The van der Waals surface area contributed by atoms with Gasteiger partial charge in [0.15, 0.2) is 0 Å². The van der Waals surface area contributed by atoms with E-state index in [0.717, 1.165) is 41.9 Å². The summed E-state index contributed by atoms with van der Waals surface area (Å²) >= 11 is 1.20. The number of thiophene rings is 1. The number of carboxylic acid groups (broad SMARTS) is 1. The molecule has 1 aromatic rings. The summed E-state index contributed by atoms with van der Waals surface area (Å²) in [7, 11) is 0. The van der Waals surface area contributed by atoms with Gasteiger partial charge in [0.2, 0.25) is 11.8 Å². The van der Waals surface area contributed by atoms with Crippen molar-refractivity contribution in [3.8, 4) is 0 Å². The smallest absolute Gasteiger partial charge is 0.338 e. The fourth-order valence-corrected chi connectivity index (χ4v) is 4.45. The lowest BCUT2D eigenvalue weighted by Gasteiger charge is -2.30. The van der Waals surface area contributed by atoms with E-state index in [1.54, 1.807) is 6.92 Å². The number of amides is 2. The molecule has 1 N–H and O–H groups in total. The maximum atomic E-state index is 12.8. The Morgan fingerprint density at radius 2 is 1.95 bits per heavy atom. The van der Waals surface area contributed by atoms with Crippen molar-refractivity contribution in [3.63, 3.8) is 0 Å². The van der Waals surface area contributed by atoms with E-state index in [-0.39, 0.29) is 28.8 Å². The molecule has 3 rings (SSSR count). The lowest BCUT2D eigenvalue weighted by Crippen LogP contribution is -2.37. The predicted octanol–water partition coefficient (Wildman–Crippen LogP) is 2.97. The van der Waals surface area contributed by atoms with Gasteiger partial charge in [0.05, 0.1) is 11.0 Å². The molecule has 1 saturated carbocycles. The van der Waals surface area contributed by atoms with Gasteiger partial charge in [-0.1, -0.05) is 19.3 Å². The van der Waals surface area contributed by atoms with Crippen LogP contribution in [0.5, 0.6) is 0 Å². The second kappa shape index (κ2) is 4.94. The first kappa shape index (κ1) is 14.3. The van der Waals surface area contributed by atoms with Gasteiger partial charge < -0.3 is 5.11 Å². The van der Waals surface area contributed by atoms with Gasteiger partial charge >= 0.3 is 5.97 Å². The Morgan fingerprint density at radius 3 is 2.57 bits per heavy atom. The first-order valence-corrected chi connectivity index (χ1v) is 7.97. The third-order valence-electron chi connectivity index (χ3n) is 4.48. The second-order valence-electron chi connectivity index (χ2n) is 5.93. The minimum Gasteiger partial charge on any atom is -0.478 e. The molecule has 5 nitrogen and oxygen atoms in total. The average Bonchev–Trinajstić information content (AvgIpc) is 2.91. The average molecular weight is 307 g/mol. The molecule has 0 unspecified atom stereocenters. The van der Waals surface area contributed by atoms with Gasteiger partial charge in [-0.05, 0) is 25.8 Å². The number of nitrogens with zero attached hydrogens (tertiary/aromatic N) is 1. The SMILES string of the molecule is Cc1cc(C(=O)O)c(N2C(=O)CC3(CCCCC3)C2=O)s1. The molecule has 1 aliphatic carbocycles. The summed E-state index contributed by atoms with van der Waals surface area (Å²) in [5.74, 6) is -1.55. The van der Waals surface area contributed by atoms with Crippen LogP contribution >= 0.6 is 11.3 Å². The Kier molecular flexibility index (Phi) is 3.36. The zero-order valence-electron chi connectivity index (χ0n) is 11.8. The van der Waals surface area contributed by atoms with Crippen molar-refractivity contribution < 1.29 is 19.5 Å². The summed E-state index contributed by atoms with van der Waals surface area (Å²) in [6.07, 6.45) is 4.72. The number of hydrogen-bond acceptors (Lipinski definition) is 4. The van der Waals surface area contributed by atoms with E-state index < -0.39 is 11.4 Å². The topological polar surface area (TPSA) is 74.7 Å². The summed E-state index contributed by atoms with van der Waals surface area (Å²) in [6, 6.07) is 1.52. The van der Waals surface area contributed by atoms with Crippen LogP contribution in [0, 0.1) is 12.3 Å². The van der Waals surface area contributed by atoms with Gasteiger partial charge in [-0.2, -0.15) is 0 Å². The first-order valence-electron chi connectivity index (χ1n) is 7.16. The fraction of sp³-hybridized carbons (Fsp3) is 0.533. The van der Waals surface area contributed by atoms with Gasteiger partial charge in [0.25, 0.3) is 0 Å². The molecule has 6 heteroatoms. The molecular weight excluding hydrogens is 290 g/mol. The van der Waals surface area contributed by atoms with Crippen molar-refractivity contribution in [1.82, 2.24) is 0 Å². The Labute approximate surface area is 126 Å². The lowest BCUT2D eigenvalue weighted by atomic mass is 9.73. The number of imide groups is 1. The number of carbonyl (C=O) groups excluding carboxylic acids is 2. The largest absolute Gasteiger partial charge is 0.478 e. The summed E-state index contributed by atoms with van der Waals surface area (Å²) in [5, 5.41) is 9.55. The summed E-state index contributed by atoms with van der Waals surface area (Å²) < 4.78 is 0. The standard InChI is InChI=1S/C15H17NO4S/c1-9-7-10(13(18)19)12(21-9)16-11(17)8-15(14(16)20)5-3-2-4-6-15/h7H,2-6,8H2,1H3,(H,18,19). The zero-order chi connectivity index (χ0) is 15.2. The van der Waals surface area contributed by atoms with Gasteiger partial charge in [-0.15, -0.1) is 11.3 Å². The minimum absolute atomic E-state index is 0.0482. The van der Waals surface area contributed by atoms with Crippen LogP contribution in [-0.2, 0) is 9.59 Å². The van der Waals surface area contributed by atoms with E-state index in [4.69, 9.17) is 0 Å². The number of carboxylic acids is 1. The molecule has 112 valence electrons.